The smallest absolute Gasteiger partial charge is 0.174 e. The highest BCUT2D eigenvalue weighted by Gasteiger charge is 2.24. The van der Waals surface area contributed by atoms with Crippen molar-refractivity contribution >= 4 is 23.0 Å². The molecule has 1 aliphatic rings. The van der Waals surface area contributed by atoms with E-state index in [0.717, 1.165) is 24.3 Å². The number of anilines is 1. The molecule has 1 saturated carbocycles. The fraction of sp³-hybridized carbons (Fsp3) is 0.381. The quantitative estimate of drug-likeness (QED) is 0.714. The van der Waals surface area contributed by atoms with Gasteiger partial charge in [0.2, 0.25) is 0 Å². The van der Waals surface area contributed by atoms with Gasteiger partial charge in [-0.3, -0.25) is 0 Å². The first kappa shape index (κ1) is 18.6. The zero-order chi connectivity index (χ0) is 18.4. The van der Waals surface area contributed by atoms with E-state index in [1.165, 1.54) is 25.3 Å². The first-order valence-corrected chi connectivity index (χ1v) is 9.54. The van der Waals surface area contributed by atoms with Crippen molar-refractivity contribution in [2.45, 2.75) is 44.7 Å². The Labute approximate surface area is 160 Å². The minimum absolute atomic E-state index is 0.187. The van der Waals surface area contributed by atoms with Gasteiger partial charge in [0, 0.05) is 18.2 Å². The summed E-state index contributed by atoms with van der Waals surface area (Å²) in [7, 11) is 1.64. The standard InChI is InChI=1S/C21H25FN2OS/c1-25-20-14-8-7-13-19(20)23-21(26)24(17-10-3-2-4-11-17)15-16-9-5-6-12-18(16)22/h5-9,12-14,17H,2-4,10-11,15H2,1H3,(H,23,26). The predicted molar refractivity (Wildman–Crippen MR) is 108 cm³/mol. The highest BCUT2D eigenvalue weighted by molar-refractivity contribution is 7.80. The van der Waals surface area contributed by atoms with Gasteiger partial charge in [-0.05, 0) is 43.3 Å². The van der Waals surface area contributed by atoms with Crippen LogP contribution in [-0.4, -0.2) is 23.2 Å². The molecule has 0 heterocycles. The molecule has 5 heteroatoms. The third-order valence-electron chi connectivity index (χ3n) is 4.92. The summed E-state index contributed by atoms with van der Waals surface area (Å²) in [6, 6.07) is 14.9. The van der Waals surface area contributed by atoms with E-state index in [1.807, 2.05) is 36.4 Å². The number of halogens is 1. The minimum Gasteiger partial charge on any atom is -0.495 e. The van der Waals surface area contributed by atoms with Gasteiger partial charge in [0.05, 0.1) is 12.8 Å². The number of benzene rings is 2. The molecule has 0 bridgehead atoms. The van der Waals surface area contributed by atoms with E-state index in [9.17, 15) is 4.39 Å². The Hall–Kier alpha value is -2.14. The van der Waals surface area contributed by atoms with Crippen LogP contribution in [0.1, 0.15) is 37.7 Å². The fourth-order valence-electron chi connectivity index (χ4n) is 3.50. The van der Waals surface area contributed by atoms with Crippen LogP contribution in [0.2, 0.25) is 0 Å². The molecule has 0 atom stereocenters. The van der Waals surface area contributed by atoms with Crippen molar-refractivity contribution in [2.75, 3.05) is 12.4 Å². The summed E-state index contributed by atoms with van der Waals surface area (Å²) in [5.41, 5.74) is 1.50. The largest absolute Gasteiger partial charge is 0.495 e. The summed E-state index contributed by atoms with van der Waals surface area (Å²) in [6.45, 7) is 0.471. The van der Waals surface area contributed by atoms with Crippen molar-refractivity contribution < 1.29 is 9.13 Å². The summed E-state index contributed by atoms with van der Waals surface area (Å²) in [6.07, 6.45) is 5.81. The van der Waals surface area contributed by atoms with Crippen LogP contribution in [0, 0.1) is 5.82 Å². The summed E-state index contributed by atoms with van der Waals surface area (Å²) in [5.74, 6) is 0.553. The molecule has 2 aromatic rings. The molecule has 3 nitrogen and oxygen atoms in total. The van der Waals surface area contributed by atoms with Crippen LogP contribution in [0.4, 0.5) is 10.1 Å². The number of nitrogens with one attached hydrogen (secondary N) is 1. The Morgan fingerprint density at radius 1 is 1.12 bits per heavy atom. The van der Waals surface area contributed by atoms with Crippen LogP contribution in [-0.2, 0) is 6.54 Å². The van der Waals surface area contributed by atoms with Gasteiger partial charge in [0.25, 0.3) is 0 Å². The monoisotopic (exact) mass is 372 g/mol. The van der Waals surface area contributed by atoms with Crippen LogP contribution < -0.4 is 10.1 Å². The zero-order valence-corrected chi connectivity index (χ0v) is 15.9. The second kappa shape index (κ2) is 8.99. The highest BCUT2D eigenvalue weighted by Crippen LogP contribution is 2.28. The van der Waals surface area contributed by atoms with Crippen LogP contribution in [0.3, 0.4) is 0 Å². The van der Waals surface area contributed by atoms with E-state index in [-0.39, 0.29) is 5.82 Å². The number of rotatable bonds is 5. The molecule has 1 N–H and O–H groups in total. The number of hydrogen-bond donors (Lipinski definition) is 1. The van der Waals surface area contributed by atoms with Crippen molar-refractivity contribution in [1.29, 1.82) is 0 Å². The Bertz CT molecular complexity index is 746. The summed E-state index contributed by atoms with van der Waals surface area (Å²) < 4.78 is 19.6. The van der Waals surface area contributed by atoms with Crippen molar-refractivity contribution in [1.82, 2.24) is 4.90 Å². The lowest BCUT2D eigenvalue weighted by atomic mass is 9.94. The fourth-order valence-corrected chi connectivity index (χ4v) is 3.83. The van der Waals surface area contributed by atoms with Gasteiger partial charge < -0.3 is 15.0 Å². The molecule has 0 aliphatic heterocycles. The minimum atomic E-state index is -0.187. The van der Waals surface area contributed by atoms with Gasteiger partial charge >= 0.3 is 0 Å². The van der Waals surface area contributed by atoms with Crippen molar-refractivity contribution in [3.63, 3.8) is 0 Å². The molecule has 0 spiro atoms. The maximum Gasteiger partial charge on any atom is 0.174 e. The number of hydrogen-bond acceptors (Lipinski definition) is 2. The normalized spacial score (nSPS) is 14.7. The first-order chi connectivity index (χ1) is 12.7. The van der Waals surface area contributed by atoms with Crippen molar-refractivity contribution in [2.24, 2.45) is 0 Å². The summed E-state index contributed by atoms with van der Waals surface area (Å²) in [4.78, 5) is 2.14. The van der Waals surface area contributed by atoms with Gasteiger partial charge in [0.1, 0.15) is 11.6 Å². The Balaban J connectivity index is 1.82. The van der Waals surface area contributed by atoms with Crippen molar-refractivity contribution in [3.8, 4) is 5.75 Å². The third kappa shape index (κ3) is 4.52. The number of para-hydroxylation sites is 2. The molecule has 0 unspecified atom stereocenters. The van der Waals surface area contributed by atoms with Gasteiger partial charge in [-0.1, -0.05) is 49.6 Å². The lowest BCUT2D eigenvalue weighted by molar-refractivity contribution is 0.238. The Kier molecular flexibility index (Phi) is 6.45. The zero-order valence-electron chi connectivity index (χ0n) is 15.1. The molecule has 26 heavy (non-hydrogen) atoms. The molecule has 1 aliphatic carbocycles. The van der Waals surface area contributed by atoms with Crippen LogP contribution in [0.15, 0.2) is 48.5 Å². The second-order valence-corrected chi connectivity index (χ2v) is 7.03. The van der Waals surface area contributed by atoms with Crippen LogP contribution in [0.5, 0.6) is 5.75 Å². The van der Waals surface area contributed by atoms with Crippen molar-refractivity contribution in [3.05, 3.63) is 59.9 Å². The van der Waals surface area contributed by atoms with E-state index in [4.69, 9.17) is 17.0 Å². The molecular weight excluding hydrogens is 347 g/mol. The average molecular weight is 373 g/mol. The molecule has 1 fully saturated rings. The molecule has 3 rings (SSSR count). The van der Waals surface area contributed by atoms with Gasteiger partial charge in [0.15, 0.2) is 5.11 Å². The number of thiocarbonyl (C=S) groups is 1. The Morgan fingerprint density at radius 2 is 1.81 bits per heavy atom. The molecule has 0 amide bonds. The van der Waals surface area contributed by atoms with E-state index >= 15 is 0 Å². The topological polar surface area (TPSA) is 24.5 Å². The number of ether oxygens (including phenoxy) is 1. The third-order valence-corrected chi connectivity index (χ3v) is 5.26. The lowest BCUT2D eigenvalue weighted by Gasteiger charge is -2.36. The predicted octanol–water partition coefficient (Wildman–Crippen LogP) is 5.37. The van der Waals surface area contributed by atoms with Gasteiger partial charge in [-0.25, -0.2) is 4.39 Å². The van der Waals surface area contributed by atoms with Crippen LogP contribution >= 0.6 is 12.2 Å². The number of methoxy groups -OCH3 is 1. The Morgan fingerprint density at radius 3 is 2.54 bits per heavy atom. The first-order valence-electron chi connectivity index (χ1n) is 9.13. The maximum atomic E-state index is 14.2. The summed E-state index contributed by atoms with van der Waals surface area (Å²) in [5, 5.41) is 3.92. The summed E-state index contributed by atoms with van der Waals surface area (Å²) >= 11 is 5.73. The number of nitrogens with zero attached hydrogens (tertiary/aromatic N) is 1. The SMILES string of the molecule is COc1ccccc1NC(=S)N(Cc1ccccc1F)C1CCCCC1. The molecule has 0 saturated heterocycles. The molecule has 2 aromatic carbocycles. The molecule has 0 radical (unpaired) electrons. The lowest BCUT2D eigenvalue weighted by Crippen LogP contribution is -2.43. The van der Waals surface area contributed by atoms with E-state index < -0.39 is 0 Å². The van der Waals surface area contributed by atoms with Crippen LogP contribution in [0.25, 0.3) is 0 Å². The molecule has 0 aromatic heterocycles. The highest BCUT2D eigenvalue weighted by atomic mass is 32.1. The van der Waals surface area contributed by atoms with E-state index in [1.54, 1.807) is 13.2 Å². The maximum absolute atomic E-state index is 14.2. The van der Waals surface area contributed by atoms with E-state index in [0.29, 0.717) is 23.3 Å². The molecular formula is C21H25FN2OS. The second-order valence-electron chi connectivity index (χ2n) is 6.64. The van der Waals surface area contributed by atoms with Gasteiger partial charge in [-0.15, -0.1) is 0 Å². The van der Waals surface area contributed by atoms with E-state index in [2.05, 4.69) is 10.2 Å². The van der Waals surface area contributed by atoms with Gasteiger partial charge in [-0.2, -0.15) is 0 Å². The average Bonchev–Trinajstić information content (AvgIpc) is 2.68. The molecule has 138 valence electrons.